The van der Waals surface area contributed by atoms with Crippen molar-refractivity contribution < 1.29 is 25.2 Å². The SMILES string of the molecule is O=C(NCc1ccc(O)c(O)c1)c1cc(O)cc(O)c1. The van der Waals surface area contributed by atoms with Crippen LogP contribution in [0.15, 0.2) is 36.4 Å². The Bertz CT molecular complexity index is 634. The highest BCUT2D eigenvalue weighted by Crippen LogP contribution is 2.25. The summed E-state index contributed by atoms with van der Waals surface area (Å²) in [6.45, 7) is 0.128. The van der Waals surface area contributed by atoms with E-state index >= 15 is 0 Å². The third-order valence-corrected chi connectivity index (χ3v) is 2.66. The van der Waals surface area contributed by atoms with Gasteiger partial charge in [0.15, 0.2) is 11.5 Å². The van der Waals surface area contributed by atoms with E-state index in [2.05, 4.69) is 5.32 Å². The van der Waals surface area contributed by atoms with Gasteiger partial charge in [0, 0.05) is 18.2 Å². The van der Waals surface area contributed by atoms with Crippen LogP contribution in [0.2, 0.25) is 0 Å². The molecule has 6 heteroatoms. The first kappa shape index (κ1) is 13.5. The van der Waals surface area contributed by atoms with Crippen LogP contribution in [0.3, 0.4) is 0 Å². The molecule has 0 aliphatic heterocycles. The van der Waals surface area contributed by atoms with Crippen molar-refractivity contribution in [1.82, 2.24) is 5.32 Å². The van der Waals surface area contributed by atoms with Crippen LogP contribution in [0.1, 0.15) is 15.9 Å². The Morgan fingerprint density at radius 3 is 2.15 bits per heavy atom. The number of phenolic OH excluding ortho intramolecular Hbond substituents is 4. The molecule has 20 heavy (non-hydrogen) atoms. The molecule has 2 rings (SSSR count). The summed E-state index contributed by atoms with van der Waals surface area (Å²) >= 11 is 0. The van der Waals surface area contributed by atoms with Crippen molar-refractivity contribution >= 4 is 5.91 Å². The van der Waals surface area contributed by atoms with Gasteiger partial charge in [0.2, 0.25) is 0 Å². The van der Waals surface area contributed by atoms with Crippen molar-refractivity contribution in [1.29, 1.82) is 0 Å². The van der Waals surface area contributed by atoms with Gasteiger partial charge in [0.05, 0.1) is 0 Å². The number of rotatable bonds is 3. The van der Waals surface area contributed by atoms with E-state index in [-0.39, 0.29) is 35.1 Å². The van der Waals surface area contributed by atoms with Gasteiger partial charge in [-0.15, -0.1) is 0 Å². The molecule has 2 aromatic rings. The second kappa shape index (κ2) is 5.40. The highest BCUT2D eigenvalue weighted by molar-refractivity contribution is 5.95. The average molecular weight is 275 g/mol. The fraction of sp³-hybridized carbons (Fsp3) is 0.0714. The largest absolute Gasteiger partial charge is 0.508 e. The predicted octanol–water partition coefficient (Wildman–Crippen LogP) is 1.44. The Hall–Kier alpha value is -2.89. The standard InChI is InChI=1S/C14H13NO5/c16-10-4-9(5-11(17)6-10)14(20)15-7-8-1-2-12(18)13(19)3-8/h1-6,16-19H,7H2,(H,15,20). The van der Waals surface area contributed by atoms with E-state index < -0.39 is 5.91 Å². The maximum atomic E-state index is 11.8. The molecule has 5 N–H and O–H groups in total. The average Bonchev–Trinajstić information content (AvgIpc) is 2.38. The first-order valence-corrected chi connectivity index (χ1v) is 5.78. The van der Waals surface area contributed by atoms with Crippen molar-refractivity contribution in [2.45, 2.75) is 6.54 Å². The van der Waals surface area contributed by atoms with E-state index in [0.29, 0.717) is 5.56 Å². The number of amides is 1. The molecule has 0 fully saturated rings. The van der Waals surface area contributed by atoms with Gasteiger partial charge in [-0.25, -0.2) is 0 Å². The number of carbonyl (C=O) groups is 1. The molecular weight excluding hydrogens is 262 g/mol. The molecule has 0 radical (unpaired) electrons. The van der Waals surface area contributed by atoms with Gasteiger partial charge >= 0.3 is 0 Å². The fourth-order valence-electron chi connectivity index (χ4n) is 1.69. The zero-order valence-corrected chi connectivity index (χ0v) is 10.4. The Morgan fingerprint density at radius 1 is 0.900 bits per heavy atom. The summed E-state index contributed by atoms with van der Waals surface area (Å²) in [5.74, 6) is -1.41. The Labute approximate surface area is 114 Å². The Balaban J connectivity index is 2.06. The van der Waals surface area contributed by atoms with E-state index in [9.17, 15) is 20.1 Å². The lowest BCUT2D eigenvalue weighted by Gasteiger charge is -2.07. The van der Waals surface area contributed by atoms with Crippen molar-refractivity contribution in [2.75, 3.05) is 0 Å². The van der Waals surface area contributed by atoms with Gasteiger partial charge in [-0.2, -0.15) is 0 Å². The van der Waals surface area contributed by atoms with Crippen molar-refractivity contribution in [3.63, 3.8) is 0 Å². The van der Waals surface area contributed by atoms with Crippen molar-refractivity contribution in [2.24, 2.45) is 0 Å². The lowest BCUT2D eigenvalue weighted by atomic mass is 10.1. The van der Waals surface area contributed by atoms with Crippen LogP contribution < -0.4 is 5.32 Å². The van der Waals surface area contributed by atoms with Crippen LogP contribution in [0.4, 0.5) is 0 Å². The summed E-state index contributed by atoms with van der Waals surface area (Å²) in [6, 6.07) is 7.77. The molecule has 0 spiro atoms. The van der Waals surface area contributed by atoms with Crippen molar-refractivity contribution in [3.8, 4) is 23.0 Å². The zero-order chi connectivity index (χ0) is 14.7. The second-order valence-corrected chi connectivity index (χ2v) is 4.24. The molecule has 0 aliphatic rings. The minimum Gasteiger partial charge on any atom is -0.508 e. The summed E-state index contributed by atoms with van der Waals surface area (Å²) in [5.41, 5.74) is 0.712. The van der Waals surface area contributed by atoms with Crippen LogP contribution in [-0.2, 0) is 6.54 Å². The third kappa shape index (κ3) is 3.11. The summed E-state index contributed by atoms with van der Waals surface area (Å²) in [4.78, 5) is 11.8. The van der Waals surface area contributed by atoms with E-state index in [1.807, 2.05) is 0 Å². The number of hydrogen-bond donors (Lipinski definition) is 5. The molecule has 0 bridgehead atoms. The lowest BCUT2D eigenvalue weighted by molar-refractivity contribution is 0.0950. The van der Waals surface area contributed by atoms with Gasteiger partial charge < -0.3 is 25.7 Å². The topological polar surface area (TPSA) is 110 Å². The number of phenols is 4. The molecule has 0 unspecified atom stereocenters. The van der Waals surface area contributed by atoms with Gasteiger partial charge in [0.25, 0.3) is 5.91 Å². The lowest BCUT2D eigenvalue weighted by Crippen LogP contribution is -2.22. The second-order valence-electron chi connectivity index (χ2n) is 4.24. The maximum absolute atomic E-state index is 11.8. The summed E-state index contributed by atoms with van der Waals surface area (Å²) in [7, 11) is 0. The monoisotopic (exact) mass is 275 g/mol. The molecule has 0 aliphatic carbocycles. The molecule has 0 aromatic heterocycles. The zero-order valence-electron chi connectivity index (χ0n) is 10.4. The normalized spacial score (nSPS) is 10.2. The molecular formula is C14H13NO5. The molecule has 0 atom stereocenters. The summed E-state index contributed by atoms with van der Waals surface area (Å²) < 4.78 is 0. The highest BCUT2D eigenvalue weighted by Gasteiger charge is 2.09. The smallest absolute Gasteiger partial charge is 0.251 e. The number of hydrogen-bond acceptors (Lipinski definition) is 5. The number of benzene rings is 2. The third-order valence-electron chi connectivity index (χ3n) is 2.66. The van der Waals surface area contributed by atoms with Gasteiger partial charge in [-0.05, 0) is 29.8 Å². The maximum Gasteiger partial charge on any atom is 0.251 e. The minimum absolute atomic E-state index is 0.116. The number of nitrogens with one attached hydrogen (secondary N) is 1. The molecule has 2 aromatic carbocycles. The quantitative estimate of drug-likeness (QED) is 0.544. The van der Waals surface area contributed by atoms with Crippen LogP contribution >= 0.6 is 0 Å². The van der Waals surface area contributed by atoms with Gasteiger partial charge in [-0.3, -0.25) is 4.79 Å². The van der Waals surface area contributed by atoms with Gasteiger partial charge in [0.1, 0.15) is 11.5 Å². The van der Waals surface area contributed by atoms with Crippen LogP contribution in [0, 0.1) is 0 Å². The molecule has 0 saturated heterocycles. The fourth-order valence-corrected chi connectivity index (χ4v) is 1.69. The molecule has 1 amide bonds. The number of aromatic hydroxyl groups is 4. The van der Waals surface area contributed by atoms with Crippen LogP contribution in [-0.4, -0.2) is 26.3 Å². The highest BCUT2D eigenvalue weighted by atomic mass is 16.3. The summed E-state index contributed by atoms with van der Waals surface area (Å²) in [5, 5.41) is 39.6. The van der Waals surface area contributed by atoms with Gasteiger partial charge in [-0.1, -0.05) is 6.07 Å². The van der Waals surface area contributed by atoms with Crippen LogP contribution in [0.5, 0.6) is 23.0 Å². The predicted molar refractivity (Wildman–Crippen MR) is 70.7 cm³/mol. The molecule has 0 heterocycles. The molecule has 0 saturated carbocycles. The van der Waals surface area contributed by atoms with E-state index in [0.717, 1.165) is 6.07 Å². The van der Waals surface area contributed by atoms with E-state index in [1.54, 1.807) is 6.07 Å². The molecule has 6 nitrogen and oxygen atoms in total. The first-order valence-electron chi connectivity index (χ1n) is 5.78. The van der Waals surface area contributed by atoms with E-state index in [1.165, 1.54) is 24.3 Å². The Kier molecular flexibility index (Phi) is 3.65. The Morgan fingerprint density at radius 2 is 1.55 bits per heavy atom. The minimum atomic E-state index is -0.483. The first-order chi connectivity index (χ1) is 9.45. The molecule has 104 valence electrons. The number of carbonyl (C=O) groups excluding carboxylic acids is 1. The van der Waals surface area contributed by atoms with E-state index in [4.69, 9.17) is 5.11 Å². The van der Waals surface area contributed by atoms with Crippen LogP contribution in [0.25, 0.3) is 0 Å². The van der Waals surface area contributed by atoms with Crippen molar-refractivity contribution in [3.05, 3.63) is 47.5 Å². The summed E-state index contributed by atoms with van der Waals surface area (Å²) in [6.07, 6.45) is 0.